The van der Waals surface area contributed by atoms with E-state index in [2.05, 4.69) is 24.3 Å². The molecule has 6 nitrogen and oxygen atoms in total. The summed E-state index contributed by atoms with van der Waals surface area (Å²) in [5.41, 5.74) is 4.95. The Kier molecular flexibility index (Phi) is 8.77. The van der Waals surface area contributed by atoms with Crippen molar-refractivity contribution in [3.8, 4) is 39.1 Å². The standard InChI is InChI=1S/C47H36O6S2/c48-54(49,50)46-28-27-45(41-22-2-1-3-23-42(41)46)53-55(51,52)47-43(39-25-11-17-32-14-5-8-20-36(32)39)29-34(38-24-10-16-31-13-4-7-19-35(31)38)30-44(47)40-26-12-18-33-15-6-9-21-37(33)40/h4-21,24-30H,1-3,22-23H2,(H,48,49,50)/p-1. The van der Waals surface area contributed by atoms with Gasteiger partial charge in [0.05, 0.1) is 4.90 Å². The Morgan fingerprint density at radius 3 is 1.44 bits per heavy atom. The molecule has 8 aromatic carbocycles. The first kappa shape index (κ1) is 34.9. The van der Waals surface area contributed by atoms with Gasteiger partial charge in [0, 0.05) is 16.7 Å². The fourth-order valence-corrected chi connectivity index (χ4v) is 10.4. The van der Waals surface area contributed by atoms with E-state index in [1.165, 1.54) is 12.1 Å². The molecule has 0 heterocycles. The van der Waals surface area contributed by atoms with Crippen LogP contribution in [0.3, 0.4) is 0 Å². The summed E-state index contributed by atoms with van der Waals surface area (Å²) in [6, 6.07) is 48.2. The van der Waals surface area contributed by atoms with Crippen LogP contribution in [0.2, 0.25) is 0 Å². The molecule has 1 aliphatic rings. The molecule has 8 heteroatoms. The molecule has 0 unspecified atom stereocenters. The summed E-state index contributed by atoms with van der Waals surface area (Å²) in [4.78, 5) is -0.325. The maximum atomic E-state index is 15.4. The normalized spacial score (nSPS) is 13.5. The predicted molar refractivity (Wildman–Crippen MR) is 219 cm³/mol. The molecule has 0 fully saturated rings. The van der Waals surface area contributed by atoms with Gasteiger partial charge in [-0.3, -0.25) is 0 Å². The van der Waals surface area contributed by atoms with Gasteiger partial charge >= 0.3 is 10.1 Å². The van der Waals surface area contributed by atoms with Crippen molar-refractivity contribution in [2.45, 2.75) is 41.9 Å². The highest BCUT2D eigenvalue weighted by molar-refractivity contribution is 7.87. The van der Waals surface area contributed by atoms with Crippen LogP contribution < -0.4 is 4.18 Å². The molecular formula is C47H35O6S2-. The van der Waals surface area contributed by atoms with Crippen molar-refractivity contribution < 1.29 is 25.6 Å². The largest absolute Gasteiger partial charge is 0.744 e. The summed E-state index contributed by atoms with van der Waals surface area (Å²) >= 11 is 0. The van der Waals surface area contributed by atoms with Crippen molar-refractivity contribution in [2.75, 3.05) is 0 Å². The van der Waals surface area contributed by atoms with Gasteiger partial charge in [0.15, 0.2) is 0 Å². The van der Waals surface area contributed by atoms with E-state index < -0.39 is 20.2 Å². The fourth-order valence-electron chi connectivity index (χ4n) is 8.30. The van der Waals surface area contributed by atoms with E-state index in [1.54, 1.807) is 0 Å². The van der Waals surface area contributed by atoms with E-state index >= 15 is 8.42 Å². The molecule has 272 valence electrons. The molecule has 0 atom stereocenters. The average molecular weight is 760 g/mol. The SMILES string of the molecule is O=S(=O)([O-])c1ccc(OS(=O)(=O)c2c(-c3cccc4ccccc34)cc(-c3cccc4ccccc34)cc2-c2cccc3ccccc23)c2c1CCCCC2. The van der Waals surface area contributed by atoms with Gasteiger partial charge in [0.2, 0.25) is 0 Å². The second-order valence-corrected chi connectivity index (χ2v) is 16.9. The molecule has 0 saturated carbocycles. The maximum absolute atomic E-state index is 15.4. The van der Waals surface area contributed by atoms with E-state index in [0.717, 1.165) is 61.0 Å². The van der Waals surface area contributed by atoms with Gasteiger partial charge < -0.3 is 8.74 Å². The van der Waals surface area contributed by atoms with Crippen molar-refractivity contribution in [3.63, 3.8) is 0 Å². The van der Waals surface area contributed by atoms with Crippen LogP contribution in [0.1, 0.15) is 30.4 Å². The zero-order chi connectivity index (χ0) is 37.7. The van der Waals surface area contributed by atoms with Crippen LogP contribution in [0.5, 0.6) is 5.75 Å². The monoisotopic (exact) mass is 759 g/mol. The smallest absolute Gasteiger partial charge is 0.340 e. The number of benzene rings is 8. The molecule has 0 spiro atoms. The Labute approximate surface area is 320 Å². The van der Waals surface area contributed by atoms with Gasteiger partial charge in [-0.1, -0.05) is 134 Å². The predicted octanol–water partition coefficient (Wildman–Crippen LogP) is 11.1. The number of fused-ring (bicyclic) bond motifs is 4. The zero-order valence-corrected chi connectivity index (χ0v) is 31.4. The highest BCUT2D eigenvalue weighted by atomic mass is 32.2. The molecule has 0 radical (unpaired) electrons. The third kappa shape index (κ3) is 6.36. The van der Waals surface area contributed by atoms with Crippen molar-refractivity contribution in [1.82, 2.24) is 0 Å². The first-order valence-electron chi connectivity index (χ1n) is 18.3. The van der Waals surface area contributed by atoms with Crippen molar-refractivity contribution in [2.24, 2.45) is 0 Å². The fraction of sp³-hybridized carbons (Fsp3) is 0.106. The quantitative estimate of drug-likeness (QED) is 0.0911. The Morgan fingerprint density at radius 2 is 0.909 bits per heavy atom. The molecule has 0 aromatic heterocycles. The summed E-state index contributed by atoms with van der Waals surface area (Å²) in [6.07, 6.45) is 2.92. The van der Waals surface area contributed by atoms with E-state index in [9.17, 15) is 13.0 Å². The molecule has 0 N–H and O–H groups in total. The molecule has 1 aliphatic carbocycles. The second-order valence-electron chi connectivity index (χ2n) is 14.1. The summed E-state index contributed by atoms with van der Waals surface area (Å²) in [5.74, 6) is 0.0372. The Balaban J connectivity index is 1.39. The van der Waals surface area contributed by atoms with Gasteiger partial charge in [-0.25, -0.2) is 8.42 Å². The lowest BCUT2D eigenvalue weighted by Gasteiger charge is -2.22. The number of rotatable bonds is 7. The van der Waals surface area contributed by atoms with Crippen LogP contribution >= 0.6 is 0 Å². The van der Waals surface area contributed by atoms with E-state index in [-0.39, 0.29) is 15.5 Å². The molecule has 0 saturated heterocycles. The molecular weight excluding hydrogens is 725 g/mol. The summed E-state index contributed by atoms with van der Waals surface area (Å²) in [7, 11) is -9.47. The van der Waals surface area contributed by atoms with Gasteiger partial charge in [0.1, 0.15) is 20.8 Å². The maximum Gasteiger partial charge on any atom is 0.340 e. The van der Waals surface area contributed by atoms with Crippen molar-refractivity contribution in [3.05, 3.63) is 163 Å². The number of hydrogen-bond acceptors (Lipinski definition) is 6. The van der Waals surface area contributed by atoms with Crippen LogP contribution in [-0.2, 0) is 33.1 Å². The lowest BCUT2D eigenvalue weighted by atomic mass is 9.88. The molecule has 8 aromatic rings. The average Bonchev–Trinajstić information content (AvgIpc) is 3.46. The molecule has 9 rings (SSSR count). The Hall–Kier alpha value is -5.80. The lowest BCUT2D eigenvalue weighted by molar-refractivity contribution is 0.461. The van der Waals surface area contributed by atoms with E-state index in [1.807, 2.05) is 115 Å². The molecule has 0 aliphatic heterocycles. The Bertz CT molecular complexity index is 2930. The zero-order valence-electron chi connectivity index (χ0n) is 29.7. The van der Waals surface area contributed by atoms with Gasteiger partial charge in [0.25, 0.3) is 0 Å². The van der Waals surface area contributed by atoms with Gasteiger partial charge in [-0.05, 0) is 110 Å². The third-order valence-corrected chi connectivity index (χ3v) is 13.0. The Morgan fingerprint density at radius 1 is 0.455 bits per heavy atom. The highest BCUT2D eigenvalue weighted by Gasteiger charge is 2.31. The molecule has 0 amide bonds. The third-order valence-electron chi connectivity index (χ3n) is 10.8. The van der Waals surface area contributed by atoms with E-state index in [0.29, 0.717) is 47.9 Å². The molecule has 0 bridgehead atoms. The van der Waals surface area contributed by atoms with Crippen LogP contribution in [0, 0.1) is 0 Å². The first-order chi connectivity index (χ1) is 26.7. The first-order valence-corrected chi connectivity index (χ1v) is 21.2. The minimum atomic E-state index is -4.80. The van der Waals surface area contributed by atoms with Crippen LogP contribution in [-0.4, -0.2) is 21.4 Å². The summed E-state index contributed by atoms with van der Waals surface area (Å²) in [5, 5.41) is 5.74. The molecule has 55 heavy (non-hydrogen) atoms. The van der Waals surface area contributed by atoms with Crippen molar-refractivity contribution >= 4 is 52.6 Å². The minimum absolute atomic E-state index is 0.00733. The van der Waals surface area contributed by atoms with Crippen LogP contribution in [0.25, 0.3) is 65.7 Å². The minimum Gasteiger partial charge on any atom is -0.744 e. The van der Waals surface area contributed by atoms with Gasteiger partial charge in [-0.2, -0.15) is 8.42 Å². The van der Waals surface area contributed by atoms with Crippen LogP contribution in [0.15, 0.2) is 161 Å². The topological polar surface area (TPSA) is 101 Å². The van der Waals surface area contributed by atoms with Gasteiger partial charge in [-0.15, -0.1) is 0 Å². The second kappa shape index (κ2) is 13.8. The van der Waals surface area contributed by atoms with Crippen LogP contribution in [0.4, 0.5) is 0 Å². The lowest BCUT2D eigenvalue weighted by Crippen LogP contribution is -2.15. The summed E-state index contributed by atoms with van der Waals surface area (Å²) < 4.78 is 74.1. The van der Waals surface area contributed by atoms with Crippen molar-refractivity contribution in [1.29, 1.82) is 0 Å². The van der Waals surface area contributed by atoms with E-state index in [4.69, 9.17) is 4.18 Å². The number of hydrogen-bond donors (Lipinski definition) is 0. The highest BCUT2D eigenvalue weighted by Crippen LogP contribution is 2.46. The summed E-state index contributed by atoms with van der Waals surface area (Å²) in [6.45, 7) is 0.